The van der Waals surface area contributed by atoms with E-state index in [-0.39, 0.29) is 12.4 Å². The van der Waals surface area contributed by atoms with Gasteiger partial charge in [0.1, 0.15) is 5.75 Å². The van der Waals surface area contributed by atoms with E-state index in [0.717, 1.165) is 5.56 Å². The van der Waals surface area contributed by atoms with E-state index >= 15 is 0 Å². The molecule has 0 aliphatic heterocycles. The molecule has 4 nitrogen and oxygen atoms in total. The van der Waals surface area contributed by atoms with E-state index in [1.165, 1.54) is 0 Å². The summed E-state index contributed by atoms with van der Waals surface area (Å²) >= 11 is 0. The molecule has 0 saturated carbocycles. The molecule has 0 fully saturated rings. The van der Waals surface area contributed by atoms with E-state index in [4.69, 9.17) is 14.7 Å². The van der Waals surface area contributed by atoms with Gasteiger partial charge in [0.25, 0.3) is 0 Å². The third-order valence-electron chi connectivity index (χ3n) is 2.32. The molecule has 0 radical (unpaired) electrons. The van der Waals surface area contributed by atoms with Crippen LogP contribution in [0.5, 0.6) is 5.75 Å². The summed E-state index contributed by atoms with van der Waals surface area (Å²) in [7, 11) is 1.54. The van der Waals surface area contributed by atoms with Gasteiger partial charge in [0.05, 0.1) is 31.8 Å². The molecular formula is C13H15NO3. The van der Waals surface area contributed by atoms with Gasteiger partial charge in [-0.05, 0) is 31.5 Å². The topological polar surface area (TPSA) is 59.3 Å². The number of rotatable bonds is 4. The molecule has 0 aliphatic rings. The summed E-state index contributed by atoms with van der Waals surface area (Å²) in [5, 5.41) is 8.88. The highest BCUT2D eigenvalue weighted by atomic mass is 16.5. The Morgan fingerprint density at radius 2 is 2.18 bits per heavy atom. The zero-order chi connectivity index (χ0) is 12.8. The number of esters is 1. The van der Waals surface area contributed by atoms with Crippen molar-refractivity contribution in [1.82, 2.24) is 0 Å². The Hall–Kier alpha value is -2.02. The highest BCUT2D eigenvalue weighted by Crippen LogP contribution is 2.25. The predicted octanol–water partition coefficient (Wildman–Crippen LogP) is 1.98. The van der Waals surface area contributed by atoms with Crippen molar-refractivity contribution >= 4 is 5.97 Å². The van der Waals surface area contributed by atoms with Gasteiger partial charge >= 0.3 is 5.97 Å². The third-order valence-corrected chi connectivity index (χ3v) is 2.32. The number of carbonyl (C=O) groups excluding carboxylic acids is 1. The Kier molecular flexibility index (Phi) is 4.53. The SMILES string of the molecule is CCOC(=O)Cc1cc(C#N)cc(C)c1OC. The van der Waals surface area contributed by atoms with Gasteiger partial charge in [-0.15, -0.1) is 0 Å². The normalized spacial score (nSPS) is 9.53. The first-order valence-electron chi connectivity index (χ1n) is 5.35. The van der Waals surface area contributed by atoms with Crippen LogP contribution in [0.2, 0.25) is 0 Å². The second kappa shape index (κ2) is 5.90. The van der Waals surface area contributed by atoms with E-state index in [2.05, 4.69) is 6.07 Å². The zero-order valence-electron chi connectivity index (χ0n) is 10.2. The van der Waals surface area contributed by atoms with E-state index in [9.17, 15) is 4.79 Å². The maximum absolute atomic E-state index is 11.4. The number of aryl methyl sites for hydroxylation is 1. The molecule has 0 spiro atoms. The van der Waals surface area contributed by atoms with Crippen molar-refractivity contribution in [3.05, 3.63) is 28.8 Å². The molecule has 1 rings (SSSR count). The van der Waals surface area contributed by atoms with Crippen LogP contribution in [-0.2, 0) is 16.0 Å². The van der Waals surface area contributed by atoms with Crippen molar-refractivity contribution in [2.75, 3.05) is 13.7 Å². The fraction of sp³-hybridized carbons (Fsp3) is 0.385. The van der Waals surface area contributed by atoms with Gasteiger partial charge in [0, 0.05) is 5.56 Å². The summed E-state index contributed by atoms with van der Waals surface area (Å²) in [6, 6.07) is 5.44. The van der Waals surface area contributed by atoms with Gasteiger partial charge in [-0.1, -0.05) is 0 Å². The van der Waals surface area contributed by atoms with Crippen molar-refractivity contribution in [2.24, 2.45) is 0 Å². The summed E-state index contributed by atoms with van der Waals surface area (Å²) in [4.78, 5) is 11.4. The summed E-state index contributed by atoms with van der Waals surface area (Å²) < 4.78 is 10.1. The zero-order valence-corrected chi connectivity index (χ0v) is 10.2. The number of carbonyl (C=O) groups is 1. The third kappa shape index (κ3) is 3.22. The highest BCUT2D eigenvalue weighted by Gasteiger charge is 2.13. The van der Waals surface area contributed by atoms with Crippen molar-refractivity contribution in [3.63, 3.8) is 0 Å². The average Bonchev–Trinajstić information content (AvgIpc) is 2.28. The molecular weight excluding hydrogens is 218 g/mol. The lowest BCUT2D eigenvalue weighted by molar-refractivity contribution is -0.142. The minimum Gasteiger partial charge on any atom is -0.496 e. The van der Waals surface area contributed by atoms with Gasteiger partial charge < -0.3 is 9.47 Å². The minimum atomic E-state index is -0.319. The molecule has 0 N–H and O–H groups in total. The Morgan fingerprint density at radius 1 is 1.47 bits per heavy atom. The maximum Gasteiger partial charge on any atom is 0.310 e. The Labute approximate surface area is 101 Å². The van der Waals surface area contributed by atoms with Gasteiger partial charge in [-0.2, -0.15) is 5.26 Å². The van der Waals surface area contributed by atoms with Crippen LogP contribution in [0.1, 0.15) is 23.6 Å². The van der Waals surface area contributed by atoms with Crippen LogP contribution in [0.3, 0.4) is 0 Å². The number of hydrogen-bond donors (Lipinski definition) is 0. The summed E-state index contributed by atoms with van der Waals surface area (Å²) in [5.41, 5.74) is 2.04. The molecule has 4 heteroatoms. The van der Waals surface area contributed by atoms with Crippen molar-refractivity contribution < 1.29 is 14.3 Å². The smallest absolute Gasteiger partial charge is 0.310 e. The van der Waals surface area contributed by atoms with Crippen LogP contribution in [0.15, 0.2) is 12.1 Å². The van der Waals surface area contributed by atoms with Gasteiger partial charge in [0.15, 0.2) is 0 Å². The highest BCUT2D eigenvalue weighted by molar-refractivity contribution is 5.74. The standard InChI is InChI=1S/C13H15NO3/c1-4-17-12(15)7-11-6-10(8-14)5-9(2)13(11)16-3/h5-6H,4,7H2,1-3H3. The average molecular weight is 233 g/mol. The Balaban J connectivity index is 3.08. The maximum atomic E-state index is 11.4. The van der Waals surface area contributed by atoms with E-state index in [0.29, 0.717) is 23.5 Å². The van der Waals surface area contributed by atoms with Crippen LogP contribution in [0, 0.1) is 18.3 Å². The second-order valence-corrected chi connectivity index (χ2v) is 3.58. The molecule has 17 heavy (non-hydrogen) atoms. The van der Waals surface area contributed by atoms with Gasteiger partial charge in [0.2, 0.25) is 0 Å². The largest absolute Gasteiger partial charge is 0.496 e. The molecule has 0 saturated heterocycles. The fourth-order valence-electron chi connectivity index (χ4n) is 1.70. The van der Waals surface area contributed by atoms with E-state index in [1.807, 2.05) is 6.92 Å². The van der Waals surface area contributed by atoms with Crippen LogP contribution in [-0.4, -0.2) is 19.7 Å². The molecule has 0 atom stereocenters. The number of methoxy groups -OCH3 is 1. The summed E-state index contributed by atoms with van der Waals surface area (Å²) in [6.07, 6.45) is 0.118. The lowest BCUT2D eigenvalue weighted by Crippen LogP contribution is -2.09. The van der Waals surface area contributed by atoms with Crippen LogP contribution in [0.4, 0.5) is 0 Å². The molecule has 0 heterocycles. The van der Waals surface area contributed by atoms with Crippen LogP contribution >= 0.6 is 0 Å². The molecule has 0 bridgehead atoms. The predicted molar refractivity (Wildman–Crippen MR) is 62.8 cm³/mol. The molecule has 0 aromatic heterocycles. The quantitative estimate of drug-likeness (QED) is 0.746. The minimum absolute atomic E-state index is 0.118. The first kappa shape index (κ1) is 13.0. The van der Waals surface area contributed by atoms with Crippen molar-refractivity contribution in [2.45, 2.75) is 20.3 Å². The number of hydrogen-bond acceptors (Lipinski definition) is 4. The number of ether oxygens (including phenoxy) is 2. The number of nitriles is 1. The first-order valence-corrected chi connectivity index (χ1v) is 5.35. The first-order chi connectivity index (χ1) is 8.12. The number of nitrogens with zero attached hydrogens (tertiary/aromatic N) is 1. The van der Waals surface area contributed by atoms with Crippen LogP contribution < -0.4 is 4.74 Å². The molecule has 0 aliphatic carbocycles. The second-order valence-electron chi connectivity index (χ2n) is 3.58. The molecule has 0 unspecified atom stereocenters. The fourth-order valence-corrected chi connectivity index (χ4v) is 1.70. The molecule has 90 valence electrons. The van der Waals surface area contributed by atoms with Crippen LogP contribution in [0.25, 0.3) is 0 Å². The molecule has 0 amide bonds. The number of benzene rings is 1. The lowest BCUT2D eigenvalue weighted by atomic mass is 10.0. The monoisotopic (exact) mass is 233 g/mol. The Bertz CT molecular complexity index is 460. The Morgan fingerprint density at radius 3 is 2.71 bits per heavy atom. The van der Waals surface area contributed by atoms with Gasteiger partial charge in [-0.25, -0.2) is 0 Å². The molecule has 1 aromatic rings. The van der Waals surface area contributed by atoms with E-state index in [1.54, 1.807) is 26.2 Å². The van der Waals surface area contributed by atoms with Gasteiger partial charge in [-0.3, -0.25) is 4.79 Å². The van der Waals surface area contributed by atoms with E-state index < -0.39 is 0 Å². The summed E-state index contributed by atoms with van der Waals surface area (Å²) in [5.74, 6) is 0.317. The van der Waals surface area contributed by atoms with Crippen molar-refractivity contribution in [3.8, 4) is 11.8 Å². The lowest BCUT2D eigenvalue weighted by Gasteiger charge is -2.11. The van der Waals surface area contributed by atoms with Crippen molar-refractivity contribution in [1.29, 1.82) is 5.26 Å². The molecule has 1 aromatic carbocycles. The summed E-state index contributed by atoms with van der Waals surface area (Å²) in [6.45, 7) is 3.94.